The third-order valence-corrected chi connectivity index (χ3v) is 5.67. The van der Waals surface area contributed by atoms with Gasteiger partial charge in [0, 0.05) is 19.6 Å². The number of alkyl halides is 2. The Bertz CT molecular complexity index is 635. The molecule has 0 radical (unpaired) electrons. The lowest BCUT2D eigenvalue weighted by molar-refractivity contribution is -0.123. The van der Waals surface area contributed by atoms with E-state index in [4.69, 9.17) is 0 Å². The summed E-state index contributed by atoms with van der Waals surface area (Å²) in [5.41, 5.74) is 0. The number of ether oxygens (including phenoxy) is 1. The number of likely N-dealkylation sites (tertiary alicyclic amines) is 1. The van der Waals surface area contributed by atoms with Gasteiger partial charge in [0.05, 0.1) is 6.04 Å². The lowest BCUT2D eigenvalue weighted by Gasteiger charge is -2.33. The Morgan fingerprint density at radius 2 is 2.23 bits per heavy atom. The van der Waals surface area contributed by atoms with E-state index in [0.29, 0.717) is 19.6 Å². The largest absolute Gasteiger partial charge is 0.433 e. The smallest absolute Gasteiger partial charge is 0.387 e. The maximum absolute atomic E-state index is 12.7. The van der Waals surface area contributed by atoms with Crippen LogP contribution in [0, 0.1) is 5.92 Å². The minimum atomic E-state index is -2.95. The highest BCUT2D eigenvalue weighted by Gasteiger charge is 2.29. The van der Waals surface area contributed by atoms with E-state index in [9.17, 15) is 18.4 Å². The van der Waals surface area contributed by atoms with Crippen LogP contribution in [0.5, 0.6) is 5.75 Å². The summed E-state index contributed by atoms with van der Waals surface area (Å²) in [6, 6.07) is 1.27. The summed E-state index contributed by atoms with van der Waals surface area (Å²) in [4.78, 5) is 26.6. The van der Waals surface area contributed by atoms with Gasteiger partial charge in [-0.15, -0.1) is 11.3 Å². The second kappa shape index (κ2) is 8.77. The molecule has 2 aliphatic rings. The van der Waals surface area contributed by atoms with Crippen molar-refractivity contribution in [3.8, 4) is 5.75 Å². The van der Waals surface area contributed by atoms with Gasteiger partial charge in [0.1, 0.15) is 10.6 Å². The lowest BCUT2D eigenvalue weighted by Crippen LogP contribution is -2.46. The van der Waals surface area contributed by atoms with E-state index < -0.39 is 6.61 Å². The molecule has 3 heterocycles. The van der Waals surface area contributed by atoms with E-state index in [2.05, 4.69) is 15.4 Å². The summed E-state index contributed by atoms with van der Waals surface area (Å²) in [6.45, 7) is -0.480. The molecule has 2 aliphatic heterocycles. The van der Waals surface area contributed by atoms with Crippen molar-refractivity contribution in [1.82, 2.24) is 15.5 Å². The number of carbonyl (C=O) groups is 2. The number of carbonyl (C=O) groups excluding carboxylic acids is 2. The lowest BCUT2D eigenvalue weighted by atomic mass is 9.97. The zero-order valence-electron chi connectivity index (χ0n) is 14.4. The summed E-state index contributed by atoms with van der Waals surface area (Å²) in [6.07, 6.45) is 3.61. The zero-order valence-corrected chi connectivity index (χ0v) is 15.2. The minimum Gasteiger partial charge on any atom is -0.433 e. The van der Waals surface area contributed by atoms with Crippen molar-refractivity contribution >= 4 is 23.2 Å². The molecule has 2 fully saturated rings. The van der Waals surface area contributed by atoms with Crippen LogP contribution < -0.4 is 15.4 Å². The number of halogens is 2. The van der Waals surface area contributed by atoms with Gasteiger partial charge in [-0.05, 0) is 49.6 Å². The van der Waals surface area contributed by atoms with Gasteiger partial charge in [-0.2, -0.15) is 8.78 Å². The second-order valence-electron chi connectivity index (χ2n) is 6.65. The first-order valence-corrected chi connectivity index (χ1v) is 9.75. The topological polar surface area (TPSA) is 70.7 Å². The normalized spacial score (nSPS) is 23.3. The average molecular weight is 387 g/mol. The van der Waals surface area contributed by atoms with Crippen molar-refractivity contribution in [1.29, 1.82) is 0 Å². The van der Waals surface area contributed by atoms with Crippen LogP contribution in [0.1, 0.15) is 35.4 Å². The first kappa shape index (κ1) is 19.0. The van der Waals surface area contributed by atoms with E-state index >= 15 is 0 Å². The Kier molecular flexibility index (Phi) is 6.42. The fraction of sp³-hybridized carbons (Fsp3) is 0.647. The third-order valence-electron chi connectivity index (χ3n) is 4.79. The van der Waals surface area contributed by atoms with Gasteiger partial charge in [0.25, 0.3) is 5.91 Å². The van der Waals surface area contributed by atoms with Crippen molar-refractivity contribution in [2.24, 2.45) is 5.92 Å². The van der Waals surface area contributed by atoms with Crippen LogP contribution in [0.25, 0.3) is 0 Å². The van der Waals surface area contributed by atoms with Gasteiger partial charge >= 0.3 is 6.61 Å². The van der Waals surface area contributed by atoms with Crippen molar-refractivity contribution in [3.63, 3.8) is 0 Å². The highest BCUT2D eigenvalue weighted by Crippen LogP contribution is 2.29. The molecular formula is C17H23F2N3O3S. The number of amides is 2. The fourth-order valence-corrected chi connectivity index (χ4v) is 4.27. The van der Waals surface area contributed by atoms with Crippen LogP contribution in [0.3, 0.4) is 0 Å². The SMILES string of the molecule is O=C(NCC1CCCN(C(=O)c2sccc2OC(F)F)C1)C1CCCN1. The molecule has 1 aromatic rings. The van der Waals surface area contributed by atoms with E-state index in [-0.39, 0.29) is 34.4 Å². The Labute approximate surface area is 154 Å². The van der Waals surface area contributed by atoms with Gasteiger partial charge in [0.2, 0.25) is 5.91 Å². The molecular weight excluding hydrogens is 364 g/mol. The molecule has 9 heteroatoms. The molecule has 2 unspecified atom stereocenters. The van der Waals surface area contributed by atoms with Crippen LogP contribution in [0.15, 0.2) is 11.4 Å². The van der Waals surface area contributed by atoms with Crippen LogP contribution in [-0.2, 0) is 4.79 Å². The molecule has 2 amide bonds. The number of rotatable bonds is 6. The summed E-state index contributed by atoms with van der Waals surface area (Å²) in [5.74, 6) is -0.184. The van der Waals surface area contributed by atoms with Crippen molar-refractivity contribution < 1.29 is 23.1 Å². The van der Waals surface area contributed by atoms with Gasteiger partial charge in [0.15, 0.2) is 0 Å². The van der Waals surface area contributed by atoms with E-state index in [1.54, 1.807) is 10.3 Å². The molecule has 144 valence electrons. The summed E-state index contributed by atoms with van der Waals surface area (Å²) in [5, 5.41) is 7.70. The number of thiophene rings is 1. The van der Waals surface area contributed by atoms with Crippen LogP contribution in [0.2, 0.25) is 0 Å². The molecule has 0 spiro atoms. The highest BCUT2D eigenvalue weighted by molar-refractivity contribution is 7.12. The van der Waals surface area contributed by atoms with Crippen molar-refractivity contribution in [2.45, 2.75) is 38.3 Å². The number of piperidine rings is 1. The maximum Gasteiger partial charge on any atom is 0.387 e. The van der Waals surface area contributed by atoms with Gasteiger partial charge < -0.3 is 20.3 Å². The molecule has 26 heavy (non-hydrogen) atoms. The predicted octanol–water partition coefficient (Wildman–Crippen LogP) is 2.07. The molecule has 1 aromatic heterocycles. The zero-order chi connectivity index (χ0) is 18.5. The quantitative estimate of drug-likeness (QED) is 0.784. The molecule has 0 aliphatic carbocycles. The van der Waals surface area contributed by atoms with Crippen LogP contribution in [0.4, 0.5) is 8.78 Å². The Hall–Kier alpha value is -1.74. The highest BCUT2D eigenvalue weighted by atomic mass is 32.1. The standard InChI is InChI=1S/C17H23F2N3O3S/c18-17(19)25-13-5-8-26-14(13)16(24)22-7-2-3-11(10-22)9-21-15(23)12-4-1-6-20-12/h5,8,11-12,17,20H,1-4,6-7,9-10H2,(H,21,23). The number of nitrogens with one attached hydrogen (secondary N) is 2. The van der Waals surface area contributed by atoms with Gasteiger partial charge in [-0.1, -0.05) is 0 Å². The van der Waals surface area contributed by atoms with Crippen molar-refractivity contribution in [3.05, 3.63) is 16.3 Å². The van der Waals surface area contributed by atoms with Gasteiger partial charge in [-0.25, -0.2) is 0 Å². The molecule has 2 atom stereocenters. The third kappa shape index (κ3) is 4.70. The Balaban J connectivity index is 1.53. The Morgan fingerprint density at radius 1 is 1.38 bits per heavy atom. The van der Waals surface area contributed by atoms with E-state index in [1.165, 1.54) is 6.07 Å². The summed E-state index contributed by atoms with van der Waals surface area (Å²) < 4.78 is 29.3. The summed E-state index contributed by atoms with van der Waals surface area (Å²) >= 11 is 1.10. The van der Waals surface area contributed by atoms with Crippen LogP contribution in [-0.4, -0.2) is 55.5 Å². The van der Waals surface area contributed by atoms with Gasteiger partial charge in [-0.3, -0.25) is 9.59 Å². The molecule has 6 nitrogen and oxygen atoms in total. The molecule has 3 rings (SSSR count). The number of nitrogens with zero attached hydrogens (tertiary/aromatic N) is 1. The first-order chi connectivity index (χ1) is 12.5. The Morgan fingerprint density at radius 3 is 2.96 bits per heavy atom. The molecule has 0 bridgehead atoms. The summed E-state index contributed by atoms with van der Waals surface area (Å²) in [7, 11) is 0. The maximum atomic E-state index is 12.7. The molecule has 0 saturated carbocycles. The van der Waals surface area contributed by atoms with Crippen molar-refractivity contribution in [2.75, 3.05) is 26.2 Å². The molecule has 2 N–H and O–H groups in total. The first-order valence-electron chi connectivity index (χ1n) is 8.87. The second-order valence-corrected chi connectivity index (χ2v) is 7.56. The van der Waals surface area contributed by atoms with E-state index in [1.807, 2.05) is 0 Å². The molecule has 0 aromatic carbocycles. The average Bonchev–Trinajstić information content (AvgIpc) is 3.30. The monoisotopic (exact) mass is 387 g/mol. The fourth-order valence-electron chi connectivity index (χ4n) is 3.48. The number of hydrogen-bond acceptors (Lipinski definition) is 5. The number of hydrogen-bond donors (Lipinski definition) is 2. The van der Waals surface area contributed by atoms with Crippen LogP contribution >= 0.6 is 11.3 Å². The predicted molar refractivity (Wildman–Crippen MR) is 93.6 cm³/mol. The minimum absolute atomic E-state index is 0.0110. The molecule has 2 saturated heterocycles. The van der Waals surface area contributed by atoms with E-state index in [0.717, 1.165) is 43.6 Å².